The molecule has 1 aromatic carbocycles. The predicted octanol–water partition coefficient (Wildman–Crippen LogP) is 2.54. The van der Waals surface area contributed by atoms with Crippen LogP contribution in [0.15, 0.2) is 36.5 Å². The van der Waals surface area contributed by atoms with E-state index in [1.807, 2.05) is 6.07 Å². The molecule has 0 spiro atoms. The maximum Gasteiger partial charge on any atom is 0.225 e. The van der Waals surface area contributed by atoms with E-state index in [9.17, 15) is 4.39 Å². The van der Waals surface area contributed by atoms with Crippen LogP contribution in [-0.4, -0.2) is 36.1 Å². The molecular weight excluding hydrogens is 314 g/mol. The van der Waals surface area contributed by atoms with Crippen molar-refractivity contribution in [1.82, 2.24) is 15.3 Å². The first kappa shape index (κ1) is 17.6. The number of rotatable bonds is 2. The van der Waals surface area contributed by atoms with Gasteiger partial charge in [-0.25, -0.2) is 14.4 Å². The molecule has 0 saturated carbocycles. The van der Waals surface area contributed by atoms with E-state index in [1.54, 1.807) is 24.4 Å². The average molecular weight is 331 g/mol. The zero-order valence-corrected chi connectivity index (χ0v) is 13.0. The Morgan fingerprint density at radius 2 is 1.76 bits per heavy atom. The monoisotopic (exact) mass is 330 g/mol. The fourth-order valence-corrected chi connectivity index (χ4v) is 2.18. The van der Waals surface area contributed by atoms with Gasteiger partial charge in [-0.2, -0.15) is 0 Å². The van der Waals surface area contributed by atoms with Gasteiger partial charge in [0.1, 0.15) is 5.82 Å². The number of nitrogens with zero attached hydrogens (tertiary/aromatic N) is 3. The number of anilines is 1. The highest BCUT2D eigenvalue weighted by Gasteiger charge is 2.14. The molecule has 1 saturated heterocycles. The summed E-state index contributed by atoms with van der Waals surface area (Å²) in [4.78, 5) is 10.9. The number of hydrogen-bond donors (Lipinski definition) is 1. The molecule has 0 amide bonds. The van der Waals surface area contributed by atoms with E-state index in [2.05, 4.69) is 20.2 Å². The van der Waals surface area contributed by atoms with Crippen LogP contribution >= 0.6 is 24.8 Å². The molecule has 1 N–H and O–H groups in total. The van der Waals surface area contributed by atoms with Gasteiger partial charge in [0, 0.05) is 37.9 Å². The molecule has 1 aliphatic rings. The normalized spacial score (nSPS) is 14.0. The van der Waals surface area contributed by atoms with E-state index in [-0.39, 0.29) is 30.6 Å². The minimum atomic E-state index is -0.257. The molecule has 0 atom stereocenters. The fourth-order valence-electron chi connectivity index (χ4n) is 2.18. The number of benzene rings is 1. The van der Waals surface area contributed by atoms with Gasteiger partial charge in [0.25, 0.3) is 0 Å². The molecule has 1 aliphatic heterocycles. The summed E-state index contributed by atoms with van der Waals surface area (Å²) in [5, 5.41) is 3.28. The van der Waals surface area contributed by atoms with E-state index < -0.39 is 0 Å². The molecule has 7 heteroatoms. The van der Waals surface area contributed by atoms with Crippen molar-refractivity contribution in [2.75, 3.05) is 31.1 Å². The summed E-state index contributed by atoms with van der Waals surface area (Å²) in [6.07, 6.45) is 1.69. The van der Waals surface area contributed by atoms with Crippen LogP contribution in [0.25, 0.3) is 11.3 Å². The summed E-state index contributed by atoms with van der Waals surface area (Å²) in [5.41, 5.74) is 1.14. The van der Waals surface area contributed by atoms with Gasteiger partial charge in [-0.15, -0.1) is 24.8 Å². The lowest BCUT2D eigenvalue weighted by atomic mass is 10.1. The van der Waals surface area contributed by atoms with Crippen LogP contribution in [0.1, 0.15) is 0 Å². The Hall–Kier alpha value is -1.43. The largest absolute Gasteiger partial charge is 0.338 e. The average Bonchev–Trinajstić information content (AvgIpc) is 2.49. The van der Waals surface area contributed by atoms with Gasteiger partial charge < -0.3 is 10.2 Å². The van der Waals surface area contributed by atoms with E-state index >= 15 is 0 Å². The molecule has 3 rings (SSSR count). The van der Waals surface area contributed by atoms with E-state index in [0.29, 0.717) is 17.2 Å². The molecule has 114 valence electrons. The molecule has 0 unspecified atom stereocenters. The predicted molar refractivity (Wildman–Crippen MR) is 87.0 cm³/mol. The summed E-state index contributed by atoms with van der Waals surface area (Å²) >= 11 is 0. The third-order valence-corrected chi connectivity index (χ3v) is 3.19. The van der Waals surface area contributed by atoms with Crippen molar-refractivity contribution in [2.24, 2.45) is 0 Å². The molecule has 2 heterocycles. The highest BCUT2D eigenvalue weighted by molar-refractivity contribution is 5.85. The second kappa shape index (κ2) is 8.12. The molecule has 0 bridgehead atoms. The Kier molecular flexibility index (Phi) is 6.81. The van der Waals surface area contributed by atoms with Crippen LogP contribution < -0.4 is 10.2 Å². The zero-order chi connectivity index (χ0) is 13.1. The lowest BCUT2D eigenvalue weighted by Gasteiger charge is -2.27. The lowest BCUT2D eigenvalue weighted by molar-refractivity contribution is 0.580. The maximum atomic E-state index is 13.8. The minimum Gasteiger partial charge on any atom is -0.338 e. The van der Waals surface area contributed by atoms with Crippen LogP contribution in [0.5, 0.6) is 0 Å². The summed E-state index contributed by atoms with van der Waals surface area (Å²) in [7, 11) is 0. The highest BCUT2D eigenvalue weighted by Crippen LogP contribution is 2.21. The first-order chi connectivity index (χ1) is 9.34. The third-order valence-electron chi connectivity index (χ3n) is 3.19. The number of nitrogens with one attached hydrogen (secondary N) is 1. The summed E-state index contributed by atoms with van der Waals surface area (Å²) in [6, 6.07) is 8.41. The Labute approximate surface area is 135 Å². The van der Waals surface area contributed by atoms with Crippen LogP contribution in [-0.2, 0) is 0 Å². The molecule has 1 fully saturated rings. The van der Waals surface area contributed by atoms with Gasteiger partial charge in [-0.05, 0) is 18.2 Å². The maximum absolute atomic E-state index is 13.8. The van der Waals surface area contributed by atoms with Crippen LogP contribution in [0, 0.1) is 5.82 Å². The van der Waals surface area contributed by atoms with Crippen LogP contribution in [0.4, 0.5) is 10.3 Å². The minimum absolute atomic E-state index is 0. The van der Waals surface area contributed by atoms with E-state index in [1.165, 1.54) is 6.07 Å². The second-order valence-corrected chi connectivity index (χ2v) is 4.46. The molecule has 21 heavy (non-hydrogen) atoms. The van der Waals surface area contributed by atoms with Gasteiger partial charge in [0.15, 0.2) is 0 Å². The van der Waals surface area contributed by atoms with Gasteiger partial charge in [0.05, 0.1) is 5.69 Å². The fraction of sp³-hybridized carbons (Fsp3) is 0.286. The lowest BCUT2D eigenvalue weighted by Crippen LogP contribution is -2.44. The number of halogens is 3. The second-order valence-electron chi connectivity index (χ2n) is 4.46. The molecule has 0 aliphatic carbocycles. The molecule has 1 aromatic heterocycles. The Balaban J connectivity index is 0.00000110. The van der Waals surface area contributed by atoms with Crippen LogP contribution in [0.2, 0.25) is 0 Å². The highest BCUT2D eigenvalue weighted by atomic mass is 35.5. The van der Waals surface area contributed by atoms with Crippen molar-refractivity contribution >= 4 is 30.8 Å². The third kappa shape index (κ3) is 4.03. The number of hydrogen-bond acceptors (Lipinski definition) is 4. The van der Waals surface area contributed by atoms with Crippen molar-refractivity contribution in [1.29, 1.82) is 0 Å². The van der Waals surface area contributed by atoms with Crippen LogP contribution in [0.3, 0.4) is 0 Å². The topological polar surface area (TPSA) is 41.1 Å². The number of piperazine rings is 1. The Bertz CT molecular complexity index is 576. The summed E-state index contributed by atoms with van der Waals surface area (Å²) in [6.45, 7) is 3.60. The molecule has 0 radical (unpaired) electrons. The molecule has 2 aromatic rings. The van der Waals surface area contributed by atoms with Gasteiger partial charge >= 0.3 is 0 Å². The molecular formula is C14H17Cl2FN4. The standard InChI is InChI=1S/C14H15FN4.2ClH/c15-12-4-2-1-3-11(12)13-5-6-17-14(18-13)19-9-7-16-8-10-19;;/h1-6,16H,7-10H2;2*1H. The van der Waals surface area contributed by atoms with Crippen molar-refractivity contribution < 1.29 is 4.39 Å². The van der Waals surface area contributed by atoms with E-state index in [4.69, 9.17) is 0 Å². The summed E-state index contributed by atoms with van der Waals surface area (Å²) < 4.78 is 13.8. The molecule has 4 nitrogen and oxygen atoms in total. The van der Waals surface area contributed by atoms with Gasteiger partial charge in [-0.1, -0.05) is 12.1 Å². The van der Waals surface area contributed by atoms with Crippen molar-refractivity contribution in [3.63, 3.8) is 0 Å². The summed E-state index contributed by atoms with van der Waals surface area (Å²) in [5.74, 6) is 0.412. The van der Waals surface area contributed by atoms with Gasteiger partial charge in [-0.3, -0.25) is 0 Å². The first-order valence-corrected chi connectivity index (χ1v) is 6.38. The van der Waals surface area contributed by atoms with Crippen molar-refractivity contribution in [3.8, 4) is 11.3 Å². The van der Waals surface area contributed by atoms with Crippen molar-refractivity contribution in [3.05, 3.63) is 42.3 Å². The SMILES string of the molecule is Cl.Cl.Fc1ccccc1-c1ccnc(N2CCNCC2)n1. The first-order valence-electron chi connectivity index (χ1n) is 6.38. The van der Waals surface area contributed by atoms with Crippen molar-refractivity contribution in [2.45, 2.75) is 0 Å². The number of aromatic nitrogens is 2. The Morgan fingerprint density at radius 3 is 2.48 bits per heavy atom. The smallest absolute Gasteiger partial charge is 0.225 e. The Morgan fingerprint density at radius 1 is 1.05 bits per heavy atom. The van der Waals surface area contributed by atoms with Gasteiger partial charge in [0.2, 0.25) is 5.95 Å². The van der Waals surface area contributed by atoms with E-state index in [0.717, 1.165) is 26.2 Å². The quantitative estimate of drug-likeness (QED) is 0.918. The zero-order valence-electron chi connectivity index (χ0n) is 11.3.